The number of aliphatic hydroxyl groups excluding tert-OH is 1. The van der Waals surface area contributed by atoms with Crippen molar-refractivity contribution in [3.8, 4) is 0 Å². The number of carbonyl (C=O) groups is 1. The average Bonchev–Trinajstić information content (AvgIpc) is 2.66. The van der Waals surface area contributed by atoms with Gasteiger partial charge in [0.2, 0.25) is 0 Å². The van der Waals surface area contributed by atoms with Crippen LogP contribution in [0, 0.1) is 5.92 Å². The van der Waals surface area contributed by atoms with Gasteiger partial charge in [-0.3, -0.25) is 4.79 Å². The van der Waals surface area contributed by atoms with Crippen LogP contribution in [0.1, 0.15) is 41.8 Å². The largest absolute Gasteiger partial charge is 0.387 e. The van der Waals surface area contributed by atoms with Crippen molar-refractivity contribution in [3.05, 3.63) is 57.7 Å². The maximum Gasteiger partial charge on any atom is 0.255 e. The molecule has 0 spiro atoms. The minimum atomic E-state index is -0.778. The Kier molecular flexibility index (Phi) is 6.58. The molecule has 144 valence electrons. The first-order valence-electron chi connectivity index (χ1n) is 9.05. The van der Waals surface area contributed by atoms with Crippen molar-refractivity contribution >= 4 is 34.9 Å². The van der Waals surface area contributed by atoms with Crippen molar-refractivity contribution in [1.29, 1.82) is 0 Å². The van der Waals surface area contributed by atoms with Crippen LogP contribution in [0.4, 0.5) is 5.82 Å². The number of anilines is 1. The number of likely N-dealkylation sites (tertiary alicyclic amines) is 1. The molecule has 2 heterocycles. The minimum Gasteiger partial charge on any atom is -0.387 e. The SMILES string of the molecule is CC1CCN(C(=O)c2ccc(NCC(O)c3cc(Cl)cc(Cl)c3)nc2)CC1. The number of aliphatic hydroxyl groups is 1. The molecule has 1 aliphatic rings. The highest BCUT2D eigenvalue weighted by Crippen LogP contribution is 2.24. The smallest absolute Gasteiger partial charge is 0.255 e. The zero-order valence-electron chi connectivity index (χ0n) is 15.2. The first-order valence-corrected chi connectivity index (χ1v) is 9.81. The van der Waals surface area contributed by atoms with E-state index in [0.29, 0.717) is 32.9 Å². The fourth-order valence-electron chi connectivity index (χ4n) is 3.11. The minimum absolute atomic E-state index is 0.0227. The zero-order valence-corrected chi connectivity index (χ0v) is 16.7. The highest BCUT2D eigenvalue weighted by Gasteiger charge is 2.21. The van der Waals surface area contributed by atoms with Gasteiger partial charge in [-0.25, -0.2) is 4.98 Å². The number of hydrogen-bond acceptors (Lipinski definition) is 4. The Balaban J connectivity index is 1.56. The van der Waals surface area contributed by atoms with E-state index in [0.717, 1.165) is 25.9 Å². The average molecular weight is 408 g/mol. The predicted octanol–water partition coefficient (Wildman–Crippen LogP) is 4.41. The van der Waals surface area contributed by atoms with Gasteiger partial charge in [0.05, 0.1) is 11.7 Å². The Bertz CT molecular complexity index is 770. The topological polar surface area (TPSA) is 65.5 Å². The molecular weight excluding hydrogens is 385 g/mol. The number of benzene rings is 1. The van der Waals surface area contributed by atoms with Gasteiger partial charge < -0.3 is 15.3 Å². The van der Waals surface area contributed by atoms with Gasteiger partial charge in [0.15, 0.2) is 0 Å². The molecular formula is C20H23Cl2N3O2. The van der Waals surface area contributed by atoms with E-state index < -0.39 is 6.10 Å². The first-order chi connectivity index (χ1) is 12.9. The molecule has 1 atom stereocenters. The van der Waals surface area contributed by atoms with Gasteiger partial charge in [-0.1, -0.05) is 30.1 Å². The second kappa shape index (κ2) is 8.91. The van der Waals surface area contributed by atoms with Crippen LogP contribution >= 0.6 is 23.2 Å². The van der Waals surface area contributed by atoms with Crippen molar-refractivity contribution in [2.75, 3.05) is 25.0 Å². The van der Waals surface area contributed by atoms with Crippen LogP contribution < -0.4 is 5.32 Å². The molecule has 1 unspecified atom stereocenters. The Morgan fingerprint density at radius 2 is 1.93 bits per heavy atom. The molecule has 1 fully saturated rings. The third-order valence-corrected chi connectivity index (χ3v) is 5.26. The van der Waals surface area contributed by atoms with E-state index >= 15 is 0 Å². The summed E-state index contributed by atoms with van der Waals surface area (Å²) in [6.07, 6.45) is 2.89. The highest BCUT2D eigenvalue weighted by atomic mass is 35.5. The molecule has 2 N–H and O–H groups in total. The number of nitrogens with zero attached hydrogens (tertiary/aromatic N) is 2. The van der Waals surface area contributed by atoms with Crippen LogP contribution in [0.25, 0.3) is 0 Å². The number of amides is 1. The molecule has 1 saturated heterocycles. The van der Waals surface area contributed by atoms with Crippen molar-refractivity contribution in [1.82, 2.24) is 9.88 Å². The van der Waals surface area contributed by atoms with E-state index in [4.69, 9.17) is 23.2 Å². The maximum absolute atomic E-state index is 12.5. The lowest BCUT2D eigenvalue weighted by Gasteiger charge is -2.30. The number of piperidine rings is 1. The van der Waals surface area contributed by atoms with Gasteiger partial charge in [-0.05, 0) is 54.7 Å². The standard InChI is InChI=1S/C20H23Cl2N3O2/c1-13-4-6-25(7-5-13)20(27)14-2-3-19(23-11-14)24-12-18(26)15-8-16(21)10-17(22)9-15/h2-3,8-11,13,18,26H,4-7,12H2,1H3,(H,23,24). The molecule has 0 saturated carbocycles. The quantitative estimate of drug-likeness (QED) is 0.770. The van der Waals surface area contributed by atoms with Gasteiger partial charge in [0, 0.05) is 35.9 Å². The number of pyridine rings is 1. The summed E-state index contributed by atoms with van der Waals surface area (Å²) in [5, 5.41) is 14.3. The van der Waals surface area contributed by atoms with Crippen LogP contribution in [0.15, 0.2) is 36.5 Å². The maximum atomic E-state index is 12.5. The summed E-state index contributed by atoms with van der Waals surface area (Å²) >= 11 is 11.9. The molecule has 1 aromatic heterocycles. The molecule has 1 aliphatic heterocycles. The summed E-state index contributed by atoms with van der Waals surface area (Å²) in [6.45, 7) is 4.07. The van der Waals surface area contributed by atoms with Gasteiger partial charge in [0.25, 0.3) is 5.91 Å². The third kappa shape index (κ3) is 5.34. The van der Waals surface area contributed by atoms with Crippen LogP contribution in [-0.2, 0) is 0 Å². The lowest BCUT2D eigenvalue weighted by molar-refractivity contribution is 0.0697. The lowest BCUT2D eigenvalue weighted by atomic mass is 9.99. The van der Waals surface area contributed by atoms with Gasteiger partial charge in [-0.15, -0.1) is 0 Å². The van der Waals surface area contributed by atoms with Crippen molar-refractivity contribution in [2.45, 2.75) is 25.9 Å². The second-order valence-corrected chi connectivity index (χ2v) is 7.88. The Labute approximate surface area is 169 Å². The lowest BCUT2D eigenvalue weighted by Crippen LogP contribution is -2.37. The summed E-state index contributed by atoms with van der Waals surface area (Å²) in [5.41, 5.74) is 1.21. The van der Waals surface area contributed by atoms with E-state index in [1.54, 1.807) is 36.5 Å². The van der Waals surface area contributed by atoms with E-state index in [9.17, 15) is 9.90 Å². The van der Waals surface area contributed by atoms with Crippen molar-refractivity contribution in [3.63, 3.8) is 0 Å². The number of nitrogens with one attached hydrogen (secondary N) is 1. The Morgan fingerprint density at radius 3 is 2.52 bits per heavy atom. The van der Waals surface area contributed by atoms with Crippen molar-refractivity contribution < 1.29 is 9.90 Å². The Hall–Kier alpha value is -1.82. The molecule has 0 bridgehead atoms. The molecule has 0 aliphatic carbocycles. The van der Waals surface area contributed by atoms with Crippen LogP contribution in [0.3, 0.4) is 0 Å². The fourth-order valence-corrected chi connectivity index (χ4v) is 3.65. The zero-order chi connectivity index (χ0) is 19.4. The molecule has 7 heteroatoms. The van der Waals surface area contributed by atoms with Crippen LogP contribution in [-0.4, -0.2) is 40.5 Å². The second-order valence-electron chi connectivity index (χ2n) is 7.01. The van der Waals surface area contributed by atoms with Gasteiger partial charge in [0.1, 0.15) is 5.82 Å². The van der Waals surface area contributed by atoms with E-state index in [1.165, 1.54) is 0 Å². The Morgan fingerprint density at radius 1 is 1.26 bits per heavy atom. The fraction of sp³-hybridized carbons (Fsp3) is 0.400. The molecule has 2 aromatic rings. The summed E-state index contributed by atoms with van der Waals surface area (Å²) in [7, 11) is 0. The van der Waals surface area contributed by atoms with E-state index in [2.05, 4.69) is 17.2 Å². The third-order valence-electron chi connectivity index (χ3n) is 4.83. The number of halogens is 2. The van der Waals surface area contributed by atoms with Gasteiger partial charge >= 0.3 is 0 Å². The number of hydrogen-bond donors (Lipinski definition) is 2. The summed E-state index contributed by atoms with van der Waals surface area (Å²) in [6, 6.07) is 8.48. The molecule has 5 nitrogen and oxygen atoms in total. The molecule has 3 rings (SSSR count). The number of carbonyl (C=O) groups excluding carboxylic acids is 1. The number of aromatic nitrogens is 1. The highest BCUT2D eigenvalue weighted by molar-refractivity contribution is 6.34. The molecule has 1 amide bonds. The van der Waals surface area contributed by atoms with E-state index in [1.807, 2.05) is 4.90 Å². The first kappa shape index (κ1) is 19.9. The summed E-state index contributed by atoms with van der Waals surface area (Å²) in [4.78, 5) is 18.7. The van der Waals surface area contributed by atoms with Crippen LogP contribution in [0.2, 0.25) is 10.0 Å². The van der Waals surface area contributed by atoms with Crippen molar-refractivity contribution in [2.24, 2.45) is 5.92 Å². The predicted molar refractivity (Wildman–Crippen MR) is 108 cm³/mol. The van der Waals surface area contributed by atoms with Crippen LogP contribution in [0.5, 0.6) is 0 Å². The van der Waals surface area contributed by atoms with Gasteiger partial charge in [-0.2, -0.15) is 0 Å². The monoisotopic (exact) mass is 407 g/mol. The summed E-state index contributed by atoms with van der Waals surface area (Å²) < 4.78 is 0. The molecule has 0 radical (unpaired) electrons. The normalized spacial score (nSPS) is 16.2. The summed E-state index contributed by atoms with van der Waals surface area (Å²) in [5.74, 6) is 1.29. The van der Waals surface area contributed by atoms with E-state index in [-0.39, 0.29) is 12.5 Å². The molecule has 1 aromatic carbocycles. The molecule has 27 heavy (non-hydrogen) atoms. The number of rotatable bonds is 5.